The first-order chi connectivity index (χ1) is 14.1. The van der Waals surface area contributed by atoms with Crippen LogP contribution in [0.15, 0.2) is 54.6 Å². The van der Waals surface area contributed by atoms with Crippen molar-refractivity contribution in [1.82, 2.24) is 15.1 Å². The Balaban J connectivity index is 1.58. The summed E-state index contributed by atoms with van der Waals surface area (Å²) in [5.74, 6) is 1.10. The van der Waals surface area contributed by atoms with Gasteiger partial charge in [0.25, 0.3) is 0 Å². The Morgan fingerprint density at radius 1 is 1.00 bits per heavy atom. The third kappa shape index (κ3) is 6.05. The molecule has 5 heteroatoms. The lowest BCUT2D eigenvalue weighted by Gasteiger charge is -2.38. The highest BCUT2D eigenvalue weighted by Gasteiger charge is 2.24. The van der Waals surface area contributed by atoms with E-state index in [1.807, 2.05) is 30.3 Å². The molecule has 1 aliphatic rings. The van der Waals surface area contributed by atoms with Crippen LogP contribution in [0.4, 0.5) is 0 Å². The summed E-state index contributed by atoms with van der Waals surface area (Å²) in [6.07, 6.45) is 0.483. The predicted octanol–water partition coefficient (Wildman–Crippen LogP) is 3.29. The highest BCUT2D eigenvalue weighted by Crippen LogP contribution is 2.23. The summed E-state index contributed by atoms with van der Waals surface area (Å²) >= 11 is 0. The summed E-state index contributed by atoms with van der Waals surface area (Å²) in [4.78, 5) is 17.5. The number of amides is 1. The fraction of sp³-hybridized carbons (Fsp3) is 0.458. The molecule has 1 amide bonds. The average Bonchev–Trinajstić information content (AvgIpc) is 2.76. The number of hydrogen-bond acceptors (Lipinski definition) is 4. The summed E-state index contributed by atoms with van der Waals surface area (Å²) < 4.78 is 5.21. The van der Waals surface area contributed by atoms with Crippen molar-refractivity contribution in [2.75, 3.05) is 46.9 Å². The van der Waals surface area contributed by atoms with Crippen LogP contribution in [0, 0.1) is 0 Å². The minimum Gasteiger partial charge on any atom is -0.497 e. The minimum absolute atomic E-state index is 0.100. The van der Waals surface area contributed by atoms with Gasteiger partial charge in [-0.05, 0) is 36.2 Å². The van der Waals surface area contributed by atoms with E-state index in [4.69, 9.17) is 4.74 Å². The molecule has 0 spiro atoms. The number of carbonyl (C=O) groups is 1. The molecule has 0 aromatic heterocycles. The van der Waals surface area contributed by atoms with Crippen molar-refractivity contribution in [2.45, 2.75) is 25.3 Å². The third-order valence-corrected chi connectivity index (χ3v) is 5.83. The summed E-state index contributed by atoms with van der Waals surface area (Å²) in [7, 11) is 3.83. The second-order valence-electron chi connectivity index (χ2n) is 7.95. The number of benzene rings is 2. The zero-order chi connectivity index (χ0) is 20.6. The fourth-order valence-electron chi connectivity index (χ4n) is 3.88. The summed E-state index contributed by atoms with van der Waals surface area (Å²) in [5, 5.41) is 3.19. The molecule has 29 heavy (non-hydrogen) atoms. The lowest BCUT2D eigenvalue weighted by molar-refractivity contribution is -0.121. The molecule has 1 N–H and O–H groups in total. The summed E-state index contributed by atoms with van der Waals surface area (Å²) in [5.41, 5.74) is 2.42. The van der Waals surface area contributed by atoms with Crippen molar-refractivity contribution < 1.29 is 9.53 Å². The number of hydrogen-bond donors (Lipinski definition) is 1. The highest BCUT2D eigenvalue weighted by atomic mass is 16.5. The van der Waals surface area contributed by atoms with Crippen LogP contribution in [-0.4, -0.2) is 62.6 Å². The Morgan fingerprint density at radius 2 is 1.66 bits per heavy atom. The van der Waals surface area contributed by atoms with Crippen molar-refractivity contribution in [3.05, 3.63) is 65.7 Å². The van der Waals surface area contributed by atoms with E-state index in [9.17, 15) is 4.79 Å². The average molecular weight is 396 g/mol. The van der Waals surface area contributed by atoms with Gasteiger partial charge in [-0.25, -0.2) is 0 Å². The molecule has 2 atom stereocenters. The second-order valence-corrected chi connectivity index (χ2v) is 7.95. The number of methoxy groups -OCH3 is 1. The molecular formula is C24H33N3O2. The molecule has 1 aliphatic heterocycles. The van der Waals surface area contributed by atoms with Crippen molar-refractivity contribution in [2.24, 2.45) is 0 Å². The third-order valence-electron chi connectivity index (χ3n) is 5.83. The van der Waals surface area contributed by atoms with Crippen molar-refractivity contribution in [1.29, 1.82) is 0 Å². The topological polar surface area (TPSA) is 44.8 Å². The molecule has 0 aliphatic carbocycles. The molecule has 2 unspecified atom stereocenters. The predicted molar refractivity (Wildman–Crippen MR) is 117 cm³/mol. The number of nitrogens with zero attached hydrogens (tertiary/aromatic N) is 2. The molecule has 0 saturated carbocycles. The first-order valence-electron chi connectivity index (χ1n) is 10.4. The number of piperazine rings is 1. The molecule has 3 rings (SSSR count). The Hall–Kier alpha value is -2.37. The van der Waals surface area contributed by atoms with E-state index in [0.29, 0.717) is 13.0 Å². The molecule has 0 radical (unpaired) electrons. The van der Waals surface area contributed by atoms with Crippen LogP contribution >= 0.6 is 0 Å². The summed E-state index contributed by atoms with van der Waals surface area (Å²) in [6, 6.07) is 18.7. The SMILES string of the molecule is COc1ccc(C(C)CC(=O)NCC(c2ccccc2)N2CCN(C)CC2)cc1. The number of carbonyl (C=O) groups excluding carboxylic acids is 1. The minimum atomic E-state index is 0.100. The normalized spacial score (nSPS) is 17.5. The largest absolute Gasteiger partial charge is 0.497 e. The van der Waals surface area contributed by atoms with Gasteiger partial charge in [0.1, 0.15) is 5.75 Å². The second kappa shape index (κ2) is 10.4. The standard InChI is InChI=1S/C24H33N3O2/c1-19(20-9-11-22(29-3)12-10-20)17-24(28)25-18-23(21-7-5-4-6-8-21)27-15-13-26(2)14-16-27/h4-12,19,23H,13-18H2,1-3H3,(H,25,28). The van der Waals surface area contributed by atoms with Gasteiger partial charge in [0.15, 0.2) is 0 Å². The number of nitrogens with one attached hydrogen (secondary N) is 1. The van der Waals surface area contributed by atoms with Crippen LogP contribution in [-0.2, 0) is 4.79 Å². The number of likely N-dealkylation sites (N-methyl/N-ethyl adjacent to an activating group) is 1. The lowest BCUT2D eigenvalue weighted by Crippen LogP contribution is -2.48. The maximum atomic E-state index is 12.7. The van der Waals surface area contributed by atoms with Gasteiger partial charge in [-0.15, -0.1) is 0 Å². The Kier molecular flexibility index (Phi) is 7.67. The Labute approximate surface area is 174 Å². The van der Waals surface area contributed by atoms with Crippen LogP contribution in [0.25, 0.3) is 0 Å². The quantitative estimate of drug-likeness (QED) is 0.745. The molecule has 5 nitrogen and oxygen atoms in total. The molecule has 156 valence electrons. The molecule has 1 heterocycles. The van der Waals surface area contributed by atoms with Crippen LogP contribution in [0.2, 0.25) is 0 Å². The van der Waals surface area contributed by atoms with E-state index >= 15 is 0 Å². The van der Waals surface area contributed by atoms with E-state index < -0.39 is 0 Å². The number of ether oxygens (including phenoxy) is 1. The van der Waals surface area contributed by atoms with E-state index in [-0.39, 0.29) is 17.9 Å². The van der Waals surface area contributed by atoms with Crippen LogP contribution < -0.4 is 10.1 Å². The highest BCUT2D eigenvalue weighted by molar-refractivity contribution is 5.76. The van der Waals surface area contributed by atoms with Crippen LogP contribution in [0.1, 0.15) is 36.4 Å². The Bertz CT molecular complexity index is 755. The van der Waals surface area contributed by atoms with Crippen molar-refractivity contribution in [3.63, 3.8) is 0 Å². The van der Waals surface area contributed by atoms with Gasteiger partial charge in [0.05, 0.1) is 13.2 Å². The van der Waals surface area contributed by atoms with Gasteiger partial charge in [-0.2, -0.15) is 0 Å². The zero-order valence-electron chi connectivity index (χ0n) is 17.8. The first kappa shape index (κ1) is 21.3. The molecule has 1 saturated heterocycles. The van der Waals surface area contributed by atoms with Gasteiger partial charge in [0, 0.05) is 39.1 Å². The van der Waals surface area contributed by atoms with Crippen LogP contribution in [0.3, 0.4) is 0 Å². The van der Waals surface area contributed by atoms with Gasteiger partial charge >= 0.3 is 0 Å². The molecule has 2 aromatic carbocycles. The molecule has 0 bridgehead atoms. The lowest BCUT2D eigenvalue weighted by atomic mass is 9.97. The van der Waals surface area contributed by atoms with Crippen LogP contribution in [0.5, 0.6) is 5.75 Å². The van der Waals surface area contributed by atoms with E-state index in [1.165, 1.54) is 5.56 Å². The summed E-state index contributed by atoms with van der Waals surface area (Å²) in [6.45, 7) is 6.90. The molecule has 1 fully saturated rings. The molecular weight excluding hydrogens is 362 g/mol. The van der Waals surface area contributed by atoms with E-state index in [0.717, 1.165) is 37.5 Å². The van der Waals surface area contributed by atoms with Crippen molar-refractivity contribution in [3.8, 4) is 5.75 Å². The Morgan fingerprint density at radius 3 is 2.28 bits per heavy atom. The first-order valence-corrected chi connectivity index (χ1v) is 10.4. The maximum absolute atomic E-state index is 12.7. The monoisotopic (exact) mass is 395 g/mol. The fourth-order valence-corrected chi connectivity index (χ4v) is 3.88. The van der Waals surface area contributed by atoms with Gasteiger partial charge < -0.3 is 15.0 Å². The zero-order valence-corrected chi connectivity index (χ0v) is 17.8. The van der Waals surface area contributed by atoms with Gasteiger partial charge in [-0.1, -0.05) is 49.4 Å². The maximum Gasteiger partial charge on any atom is 0.220 e. The van der Waals surface area contributed by atoms with E-state index in [1.54, 1.807) is 7.11 Å². The molecule has 2 aromatic rings. The van der Waals surface area contributed by atoms with Gasteiger partial charge in [-0.3, -0.25) is 9.69 Å². The smallest absolute Gasteiger partial charge is 0.220 e. The van der Waals surface area contributed by atoms with Crippen molar-refractivity contribution >= 4 is 5.91 Å². The van der Waals surface area contributed by atoms with E-state index in [2.05, 4.69) is 53.4 Å². The van der Waals surface area contributed by atoms with Gasteiger partial charge in [0.2, 0.25) is 5.91 Å². The number of rotatable bonds is 8.